The molecule has 0 spiro atoms. The minimum absolute atomic E-state index is 0. The second-order valence-corrected chi connectivity index (χ2v) is 6.28. The molecule has 98 valence electrons. The van der Waals surface area contributed by atoms with Crippen molar-refractivity contribution in [3.8, 4) is 0 Å². The smallest absolute Gasteiger partial charge is 0.319 e. The predicted molar refractivity (Wildman–Crippen MR) is 67.9 cm³/mol. The molecule has 17 heavy (non-hydrogen) atoms. The summed E-state index contributed by atoms with van der Waals surface area (Å²) in [5, 5.41) is 0. The Kier molecular flexibility index (Phi) is 3.69. The number of carbonyl (C=O) groups excluding carboxylic acids is 1. The lowest BCUT2D eigenvalue weighted by Gasteiger charge is -2.56. The second kappa shape index (κ2) is 4.77. The quantitative estimate of drug-likeness (QED) is 0.790. The number of rotatable bonds is 3. The molecular weight excluding hydrogens is 238 g/mol. The normalized spacial score (nSPS) is 42.1. The van der Waals surface area contributed by atoms with Gasteiger partial charge in [0.1, 0.15) is 0 Å². The molecule has 0 atom stereocenters. The van der Waals surface area contributed by atoms with Gasteiger partial charge in [-0.25, -0.2) is 0 Å². The van der Waals surface area contributed by atoms with Crippen LogP contribution in [0.15, 0.2) is 0 Å². The van der Waals surface area contributed by atoms with E-state index in [2.05, 4.69) is 0 Å². The van der Waals surface area contributed by atoms with Gasteiger partial charge in [0.15, 0.2) is 0 Å². The maximum absolute atomic E-state index is 11.2. The van der Waals surface area contributed by atoms with Crippen molar-refractivity contribution in [2.45, 2.75) is 38.5 Å². The molecule has 0 radical (unpaired) electrons. The third-order valence-electron chi connectivity index (χ3n) is 4.87. The molecule has 0 aromatic heterocycles. The van der Waals surface area contributed by atoms with Gasteiger partial charge in [-0.05, 0) is 56.3 Å². The van der Waals surface area contributed by atoms with Crippen LogP contribution in [-0.2, 0) is 9.53 Å². The zero-order valence-electron chi connectivity index (χ0n) is 10.2. The Bertz CT molecular complexity index is 271. The first-order chi connectivity index (χ1) is 7.69. The predicted octanol–water partition coefficient (Wildman–Crippen LogP) is 2.13. The van der Waals surface area contributed by atoms with Gasteiger partial charge < -0.3 is 10.5 Å². The van der Waals surface area contributed by atoms with E-state index in [1.807, 2.05) is 0 Å². The van der Waals surface area contributed by atoms with Crippen LogP contribution in [0.1, 0.15) is 38.5 Å². The average Bonchev–Trinajstić information content (AvgIpc) is 2.24. The molecule has 0 aromatic rings. The first kappa shape index (κ1) is 13.2. The minimum Gasteiger partial charge on any atom is -0.464 e. The molecule has 4 rings (SSSR count). The molecule has 4 fully saturated rings. The Morgan fingerprint density at radius 2 is 1.59 bits per heavy atom. The summed E-state index contributed by atoms with van der Waals surface area (Å²) in [6.07, 6.45) is 8.17. The summed E-state index contributed by atoms with van der Waals surface area (Å²) in [7, 11) is 0. The fourth-order valence-electron chi connectivity index (χ4n) is 4.76. The Labute approximate surface area is 109 Å². The summed E-state index contributed by atoms with van der Waals surface area (Å²) >= 11 is 0. The molecule has 2 N–H and O–H groups in total. The Morgan fingerprint density at radius 3 is 2.00 bits per heavy atom. The van der Waals surface area contributed by atoms with E-state index in [4.69, 9.17) is 10.5 Å². The molecule has 0 heterocycles. The molecule has 0 aliphatic heterocycles. The first-order valence-corrected chi connectivity index (χ1v) is 6.55. The molecule has 3 nitrogen and oxygen atoms in total. The van der Waals surface area contributed by atoms with Gasteiger partial charge in [-0.15, -0.1) is 12.4 Å². The molecule has 4 bridgehead atoms. The van der Waals surface area contributed by atoms with Crippen molar-refractivity contribution in [3.63, 3.8) is 0 Å². The van der Waals surface area contributed by atoms with Gasteiger partial charge in [0, 0.05) is 5.41 Å². The van der Waals surface area contributed by atoms with Crippen LogP contribution in [0.2, 0.25) is 0 Å². The highest BCUT2D eigenvalue weighted by Crippen LogP contribution is 2.59. The van der Waals surface area contributed by atoms with Crippen LogP contribution < -0.4 is 5.73 Å². The van der Waals surface area contributed by atoms with E-state index in [1.165, 1.54) is 38.5 Å². The van der Waals surface area contributed by atoms with Crippen LogP contribution in [0.25, 0.3) is 0 Å². The van der Waals surface area contributed by atoms with E-state index in [-0.39, 0.29) is 24.9 Å². The number of nitrogens with two attached hydrogens (primary N) is 1. The number of hydrogen-bond donors (Lipinski definition) is 1. The van der Waals surface area contributed by atoms with E-state index in [0.717, 1.165) is 17.8 Å². The van der Waals surface area contributed by atoms with Crippen molar-refractivity contribution >= 4 is 18.4 Å². The van der Waals surface area contributed by atoms with E-state index < -0.39 is 0 Å². The maximum atomic E-state index is 11.2. The topological polar surface area (TPSA) is 52.3 Å². The highest BCUT2D eigenvalue weighted by atomic mass is 35.5. The van der Waals surface area contributed by atoms with Gasteiger partial charge in [0.25, 0.3) is 0 Å². The standard InChI is InChI=1S/C13H21NO2.ClH/c14-7-12(15)16-8-13-4-9-1-10(5-13)3-11(2-9)6-13;/h9-11H,1-8,14H2;1H. The third-order valence-corrected chi connectivity index (χ3v) is 4.87. The maximum Gasteiger partial charge on any atom is 0.319 e. The number of ether oxygens (including phenoxy) is 1. The number of carbonyl (C=O) groups is 1. The number of hydrogen-bond acceptors (Lipinski definition) is 3. The van der Waals surface area contributed by atoms with Gasteiger partial charge in [-0.1, -0.05) is 0 Å². The van der Waals surface area contributed by atoms with Crippen LogP contribution >= 0.6 is 12.4 Å². The Morgan fingerprint density at radius 1 is 1.12 bits per heavy atom. The SMILES string of the molecule is Cl.NCC(=O)OCC12CC3CC(CC(C3)C1)C2. The van der Waals surface area contributed by atoms with E-state index in [1.54, 1.807) is 0 Å². The van der Waals surface area contributed by atoms with Gasteiger partial charge in [0.05, 0.1) is 13.2 Å². The summed E-state index contributed by atoms with van der Waals surface area (Å²) < 4.78 is 5.31. The highest BCUT2D eigenvalue weighted by molar-refractivity contribution is 5.85. The van der Waals surface area contributed by atoms with Gasteiger partial charge in [-0.2, -0.15) is 0 Å². The summed E-state index contributed by atoms with van der Waals surface area (Å²) in [4.78, 5) is 11.2. The Balaban J connectivity index is 0.00000108. The lowest BCUT2D eigenvalue weighted by Crippen LogP contribution is -2.48. The zero-order valence-corrected chi connectivity index (χ0v) is 11.0. The molecule has 4 aliphatic carbocycles. The van der Waals surface area contributed by atoms with Gasteiger partial charge in [-0.3, -0.25) is 4.79 Å². The second-order valence-electron chi connectivity index (χ2n) is 6.28. The van der Waals surface area contributed by atoms with Crippen LogP contribution in [0, 0.1) is 23.2 Å². The van der Waals surface area contributed by atoms with E-state index >= 15 is 0 Å². The van der Waals surface area contributed by atoms with E-state index in [9.17, 15) is 4.79 Å². The van der Waals surface area contributed by atoms with Crippen molar-refractivity contribution in [2.24, 2.45) is 28.9 Å². The van der Waals surface area contributed by atoms with Crippen molar-refractivity contribution in [2.75, 3.05) is 13.2 Å². The fourth-order valence-corrected chi connectivity index (χ4v) is 4.76. The Hall–Kier alpha value is -0.280. The first-order valence-electron chi connectivity index (χ1n) is 6.55. The van der Waals surface area contributed by atoms with Crippen LogP contribution in [0.3, 0.4) is 0 Å². The van der Waals surface area contributed by atoms with Crippen molar-refractivity contribution in [1.29, 1.82) is 0 Å². The van der Waals surface area contributed by atoms with Gasteiger partial charge in [0.2, 0.25) is 0 Å². The molecule has 0 amide bonds. The molecule has 4 saturated carbocycles. The molecular formula is C13H22ClNO2. The monoisotopic (exact) mass is 259 g/mol. The average molecular weight is 260 g/mol. The van der Waals surface area contributed by atoms with Crippen molar-refractivity contribution in [1.82, 2.24) is 0 Å². The lowest BCUT2D eigenvalue weighted by molar-refractivity contribution is -0.153. The van der Waals surface area contributed by atoms with E-state index in [0.29, 0.717) is 12.0 Å². The highest BCUT2D eigenvalue weighted by Gasteiger charge is 2.51. The largest absolute Gasteiger partial charge is 0.464 e. The van der Waals surface area contributed by atoms with Crippen LogP contribution in [0.4, 0.5) is 0 Å². The van der Waals surface area contributed by atoms with Crippen LogP contribution in [0.5, 0.6) is 0 Å². The molecule has 0 aromatic carbocycles. The zero-order chi connectivity index (χ0) is 11.2. The van der Waals surface area contributed by atoms with Crippen molar-refractivity contribution in [3.05, 3.63) is 0 Å². The molecule has 4 heteroatoms. The summed E-state index contributed by atoms with van der Waals surface area (Å²) in [5.41, 5.74) is 5.61. The number of halogens is 1. The van der Waals surface area contributed by atoms with Gasteiger partial charge >= 0.3 is 5.97 Å². The third kappa shape index (κ3) is 2.45. The summed E-state index contributed by atoms with van der Waals surface area (Å²) in [6, 6.07) is 0. The lowest BCUT2D eigenvalue weighted by atomic mass is 9.50. The molecule has 0 saturated heterocycles. The summed E-state index contributed by atoms with van der Waals surface area (Å²) in [6.45, 7) is 0.652. The molecule has 0 unspecified atom stereocenters. The summed E-state index contributed by atoms with van der Waals surface area (Å²) in [5.74, 6) is 2.52. The minimum atomic E-state index is -0.240. The number of esters is 1. The van der Waals surface area contributed by atoms with Crippen LogP contribution in [-0.4, -0.2) is 19.1 Å². The van der Waals surface area contributed by atoms with Crippen molar-refractivity contribution < 1.29 is 9.53 Å². The fraction of sp³-hybridized carbons (Fsp3) is 0.923. The molecule has 4 aliphatic rings.